The number of carbonyl (C=O) groups is 1. The van der Waals surface area contributed by atoms with Crippen LogP contribution in [-0.2, 0) is 14.3 Å². The molecule has 7 unspecified atom stereocenters. The first-order valence-electron chi connectivity index (χ1n) is 29.4. The summed E-state index contributed by atoms with van der Waals surface area (Å²) in [7, 11) is 0. The van der Waals surface area contributed by atoms with Crippen LogP contribution in [0.3, 0.4) is 0 Å². The van der Waals surface area contributed by atoms with Gasteiger partial charge in [0.15, 0.2) is 6.29 Å². The van der Waals surface area contributed by atoms with Crippen molar-refractivity contribution in [2.24, 2.45) is 0 Å². The molecule has 0 radical (unpaired) electrons. The summed E-state index contributed by atoms with van der Waals surface area (Å²) in [6.07, 6.45) is 59.2. The minimum absolute atomic E-state index is 0.189. The van der Waals surface area contributed by atoms with E-state index in [-0.39, 0.29) is 12.5 Å². The summed E-state index contributed by atoms with van der Waals surface area (Å²) < 4.78 is 11.2. The van der Waals surface area contributed by atoms with Crippen LogP contribution >= 0.6 is 0 Å². The van der Waals surface area contributed by atoms with Gasteiger partial charge in [-0.3, -0.25) is 4.79 Å². The first-order chi connectivity index (χ1) is 33.8. The average Bonchev–Trinajstić information content (AvgIpc) is 3.35. The zero-order valence-electron chi connectivity index (χ0n) is 44.8. The number of aliphatic hydroxyl groups excluding tert-OH is 5. The Balaban J connectivity index is 2.11. The summed E-state index contributed by atoms with van der Waals surface area (Å²) in [5.41, 5.74) is 0. The van der Waals surface area contributed by atoms with E-state index in [1.807, 2.05) is 6.08 Å². The number of hydrogen-bond acceptors (Lipinski definition) is 8. The molecule has 0 spiro atoms. The highest BCUT2D eigenvalue weighted by atomic mass is 16.7. The van der Waals surface area contributed by atoms with Crippen molar-refractivity contribution >= 4 is 5.91 Å². The number of unbranched alkanes of at least 4 members (excludes halogenated alkanes) is 34. The van der Waals surface area contributed by atoms with Crippen LogP contribution in [0.25, 0.3) is 0 Å². The van der Waals surface area contributed by atoms with Gasteiger partial charge in [-0.1, -0.05) is 242 Å². The summed E-state index contributed by atoms with van der Waals surface area (Å²) in [5, 5.41) is 54.3. The Morgan fingerprint density at radius 1 is 0.478 bits per heavy atom. The van der Waals surface area contributed by atoms with Gasteiger partial charge in [0.2, 0.25) is 5.91 Å². The number of aliphatic hydroxyl groups is 5. The Kier molecular flexibility index (Phi) is 47.0. The highest BCUT2D eigenvalue weighted by molar-refractivity contribution is 5.76. The predicted molar refractivity (Wildman–Crippen MR) is 290 cm³/mol. The van der Waals surface area contributed by atoms with Crippen molar-refractivity contribution in [3.8, 4) is 0 Å². The lowest BCUT2D eigenvalue weighted by molar-refractivity contribution is -0.302. The fraction of sp³-hybridized carbons (Fsp3) is 0.850. The molecule has 9 heteroatoms. The van der Waals surface area contributed by atoms with Crippen LogP contribution < -0.4 is 5.32 Å². The van der Waals surface area contributed by atoms with Gasteiger partial charge in [-0.25, -0.2) is 0 Å². The molecular weight excluding hydrogens is 863 g/mol. The number of allylic oxidation sites excluding steroid dienone is 7. The van der Waals surface area contributed by atoms with Crippen LogP contribution in [0, 0.1) is 0 Å². The van der Waals surface area contributed by atoms with Gasteiger partial charge in [0.25, 0.3) is 0 Å². The highest BCUT2D eigenvalue weighted by Crippen LogP contribution is 2.23. The molecule has 6 N–H and O–H groups in total. The normalized spacial score (nSPS) is 19.8. The van der Waals surface area contributed by atoms with E-state index >= 15 is 0 Å². The maximum atomic E-state index is 13.0. The summed E-state index contributed by atoms with van der Waals surface area (Å²) in [6, 6.07) is -0.827. The Hall–Kier alpha value is -1.85. The number of hydrogen-bond donors (Lipinski definition) is 6. The molecule has 1 saturated heterocycles. The molecule has 1 heterocycles. The quantitative estimate of drug-likeness (QED) is 0.0261. The molecule has 0 aromatic rings. The SMILES string of the molecule is CCCCC/C=C/CC/C=C/CC/C=C/C(O)C(COC1OC(CO)C(O)C(O)C1O)NC(=O)CCCCCCCCCCCCCCCCCCC/C=C\CCCCCCCCCCCCCC. The molecule has 1 aliphatic heterocycles. The molecule has 0 aromatic carbocycles. The first-order valence-corrected chi connectivity index (χ1v) is 29.4. The minimum atomic E-state index is -1.57. The largest absolute Gasteiger partial charge is 0.394 e. The van der Waals surface area contributed by atoms with Gasteiger partial charge in [0.1, 0.15) is 24.4 Å². The number of carbonyl (C=O) groups excluding carboxylic acids is 1. The van der Waals surface area contributed by atoms with E-state index in [2.05, 4.69) is 55.6 Å². The van der Waals surface area contributed by atoms with E-state index in [1.165, 1.54) is 199 Å². The van der Waals surface area contributed by atoms with Crippen LogP contribution in [0.4, 0.5) is 0 Å². The van der Waals surface area contributed by atoms with Crippen molar-refractivity contribution in [3.05, 3.63) is 48.6 Å². The number of nitrogens with one attached hydrogen (secondary N) is 1. The lowest BCUT2D eigenvalue weighted by Crippen LogP contribution is -2.60. The maximum absolute atomic E-state index is 13.0. The molecular formula is C60H111NO8. The summed E-state index contributed by atoms with van der Waals surface area (Å²) in [6.45, 7) is 3.74. The molecule has 0 bridgehead atoms. The van der Waals surface area contributed by atoms with Crippen molar-refractivity contribution in [1.29, 1.82) is 0 Å². The molecule has 1 amide bonds. The van der Waals surface area contributed by atoms with Crippen LogP contribution in [0.15, 0.2) is 48.6 Å². The van der Waals surface area contributed by atoms with Gasteiger partial charge in [0, 0.05) is 6.42 Å². The average molecular weight is 975 g/mol. The Morgan fingerprint density at radius 2 is 0.826 bits per heavy atom. The zero-order valence-corrected chi connectivity index (χ0v) is 44.8. The smallest absolute Gasteiger partial charge is 0.220 e. The van der Waals surface area contributed by atoms with Crippen molar-refractivity contribution in [2.45, 2.75) is 314 Å². The predicted octanol–water partition coefficient (Wildman–Crippen LogP) is 14.5. The second-order valence-electron chi connectivity index (χ2n) is 20.4. The molecule has 1 aliphatic rings. The van der Waals surface area contributed by atoms with Gasteiger partial charge < -0.3 is 40.3 Å². The van der Waals surface area contributed by atoms with Gasteiger partial charge in [-0.2, -0.15) is 0 Å². The Labute approximate surface area is 424 Å². The fourth-order valence-corrected chi connectivity index (χ4v) is 9.18. The summed E-state index contributed by atoms with van der Waals surface area (Å²) >= 11 is 0. The monoisotopic (exact) mass is 974 g/mol. The molecule has 0 saturated carbocycles. The topological polar surface area (TPSA) is 149 Å². The number of amides is 1. The number of rotatable bonds is 50. The van der Waals surface area contributed by atoms with E-state index in [0.29, 0.717) is 6.42 Å². The molecule has 1 fully saturated rings. The molecule has 9 nitrogen and oxygen atoms in total. The lowest BCUT2D eigenvalue weighted by Gasteiger charge is -2.40. The van der Waals surface area contributed by atoms with E-state index < -0.39 is 49.5 Å². The Bertz CT molecular complexity index is 1220. The first kappa shape index (κ1) is 65.2. The molecule has 0 aromatic heterocycles. The third-order valence-corrected chi connectivity index (χ3v) is 13.9. The van der Waals surface area contributed by atoms with Crippen LogP contribution in [0.2, 0.25) is 0 Å². The fourth-order valence-electron chi connectivity index (χ4n) is 9.18. The summed E-state index contributed by atoms with van der Waals surface area (Å²) in [4.78, 5) is 13.0. The molecule has 0 aliphatic carbocycles. The maximum Gasteiger partial charge on any atom is 0.220 e. The van der Waals surface area contributed by atoms with Gasteiger partial charge in [-0.15, -0.1) is 0 Å². The highest BCUT2D eigenvalue weighted by Gasteiger charge is 2.44. The minimum Gasteiger partial charge on any atom is -0.394 e. The molecule has 1 rings (SSSR count). The Morgan fingerprint density at radius 3 is 1.25 bits per heavy atom. The van der Waals surface area contributed by atoms with Crippen molar-refractivity contribution in [1.82, 2.24) is 5.32 Å². The molecule has 404 valence electrons. The standard InChI is InChI=1S/C60H111NO8/c1-3-5-7-9-11-13-15-17-18-19-20-21-22-23-24-25-26-27-28-29-30-31-32-33-34-35-36-38-40-42-44-46-48-50-56(64)61-53(52-68-60-59(67)58(66)57(65)55(51-62)69-60)54(63)49-47-45-43-41-39-37-16-14-12-10-8-6-4-2/h12,14,23-24,39,41,47,49,53-55,57-60,62-63,65-67H,3-11,13,15-22,25-38,40,42-46,48,50-52H2,1-2H3,(H,61,64)/b14-12+,24-23-,41-39+,49-47+. The second-order valence-corrected chi connectivity index (χ2v) is 20.4. The summed E-state index contributed by atoms with van der Waals surface area (Å²) in [5.74, 6) is -0.189. The lowest BCUT2D eigenvalue weighted by atomic mass is 9.99. The second kappa shape index (κ2) is 49.7. The number of ether oxygens (including phenoxy) is 2. The van der Waals surface area contributed by atoms with Gasteiger partial charge >= 0.3 is 0 Å². The third-order valence-electron chi connectivity index (χ3n) is 13.9. The van der Waals surface area contributed by atoms with Crippen LogP contribution in [0.5, 0.6) is 0 Å². The van der Waals surface area contributed by atoms with Crippen molar-refractivity contribution in [2.75, 3.05) is 13.2 Å². The van der Waals surface area contributed by atoms with Crippen molar-refractivity contribution < 1.29 is 39.8 Å². The van der Waals surface area contributed by atoms with Gasteiger partial charge in [-0.05, 0) is 70.6 Å². The van der Waals surface area contributed by atoms with Crippen LogP contribution in [0.1, 0.15) is 271 Å². The molecule has 7 atom stereocenters. The van der Waals surface area contributed by atoms with E-state index in [9.17, 15) is 30.3 Å². The van der Waals surface area contributed by atoms with E-state index in [4.69, 9.17) is 9.47 Å². The van der Waals surface area contributed by atoms with Crippen LogP contribution in [-0.4, -0.2) is 87.5 Å². The van der Waals surface area contributed by atoms with E-state index in [0.717, 1.165) is 51.4 Å². The third kappa shape index (κ3) is 39.4. The van der Waals surface area contributed by atoms with E-state index in [1.54, 1.807) is 6.08 Å². The zero-order chi connectivity index (χ0) is 50.1. The van der Waals surface area contributed by atoms with Gasteiger partial charge in [0.05, 0.1) is 25.4 Å². The molecule has 69 heavy (non-hydrogen) atoms. The van der Waals surface area contributed by atoms with Crippen molar-refractivity contribution in [3.63, 3.8) is 0 Å².